The first-order chi connectivity index (χ1) is 12.5. The number of aromatic amines is 1. The number of hydrogen-bond acceptors (Lipinski definition) is 5. The molecule has 3 aromatic heterocycles. The molecule has 0 aliphatic heterocycles. The maximum Gasteiger partial charge on any atom is 0.332 e. The third-order valence-corrected chi connectivity index (χ3v) is 3.96. The molecular formula is C16H20N6O4. The summed E-state index contributed by atoms with van der Waals surface area (Å²) in [6.45, 7) is 4.35. The van der Waals surface area contributed by atoms with E-state index in [1.165, 1.54) is 26.2 Å². The van der Waals surface area contributed by atoms with Gasteiger partial charge in [-0.25, -0.2) is 9.78 Å². The Morgan fingerprint density at radius 3 is 2.54 bits per heavy atom. The summed E-state index contributed by atoms with van der Waals surface area (Å²) in [5.41, 5.74) is 0.323. The molecule has 0 radical (unpaired) electrons. The molecule has 2 N–H and O–H groups in total. The van der Waals surface area contributed by atoms with E-state index in [9.17, 15) is 14.4 Å². The van der Waals surface area contributed by atoms with Crippen LogP contribution in [0.25, 0.3) is 22.6 Å². The number of imidazole rings is 1. The fourth-order valence-electron chi connectivity index (χ4n) is 2.86. The highest BCUT2D eigenvalue weighted by Crippen LogP contribution is 2.17. The van der Waals surface area contributed by atoms with Gasteiger partial charge in [-0.05, 0) is 12.8 Å². The summed E-state index contributed by atoms with van der Waals surface area (Å²) in [5, 5.41) is 12.8. The molecule has 0 aliphatic carbocycles. The Labute approximate surface area is 147 Å². The van der Waals surface area contributed by atoms with Crippen LogP contribution in [0.3, 0.4) is 0 Å². The number of aliphatic carboxylic acids is 1. The van der Waals surface area contributed by atoms with Crippen molar-refractivity contribution >= 4 is 17.1 Å². The van der Waals surface area contributed by atoms with Crippen molar-refractivity contribution in [1.29, 1.82) is 0 Å². The number of nitrogens with zero attached hydrogens (tertiary/aromatic N) is 5. The second-order valence-electron chi connectivity index (χ2n) is 6.00. The van der Waals surface area contributed by atoms with Gasteiger partial charge in [0.25, 0.3) is 5.56 Å². The first-order valence-electron chi connectivity index (χ1n) is 8.44. The lowest BCUT2D eigenvalue weighted by Gasteiger charge is -2.09. The number of carboxylic acid groups (broad SMARTS) is 1. The molecule has 0 spiro atoms. The Morgan fingerprint density at radius 1 is 1.19 bits per heavy atom. The van der Waals surface area contributed by atoms with Gasteiger partial charge in [-0.15, -0.1) is 0 Å². The van der Waals surface area contributed by atoms with Gasteiger partial charge in [-0.2, -0.15) is 5.10 Å². The van der Waals surface area contributed by atoms with Crippen LogP contribution in [0.5, 0.6) is 0 Å². The van der Waals surface area contributed by atoms with E-state index in [2.05, 4.69) is 15.1 Å². The summed E-state index contributed by atoms with van der Waals surface area (Å²) in [7, 11) is 0. The second-order valence-corrected chi connectivity index (χ2v) is 6.00. The first kappa shape index (κ1) is 17.6. The molecular weight excluding hydrogens is 340 g/mol. The van der Waals surface area contributed by atoms with E-state index in [1.807, 2.05) is 13.8 Å². The van der Waals surface area contributed by atoms with Crippen LogP contribution in [0.15, 0.2) is 22.0 Å². The Bertz CT molecular complexity index is 1070. The number of carbonyl (C=O) groups is 1. The average molecular weight is 360 g/mol. The third kappa shape index (κ3) is 3.05. The van der Waals surface area contributed by atoms with E-state index in [0.717, 1.165) is 6.42 Å². The van der Waals surface area contributed by atoms with Crippen LogP contribution in [0.4, 0.5) is 0 Å². The molecule has 3 rings (SSSR count). The summed E-state index contributed by atoms with van der Waals surface area (Å²) in [6, 6.07) is 0. The van der Waals surface area contributed by atoms with Gasteiger partial charge in [-0.3, -0.25) is 23.4 Å². The topological polar surface area (TPSA) is 128 Å². The molecule has 0 atom stereocenters. The Balaban J connectivity index is 2.18. The Kier molecular flexibility index (Phi) is 4.74. The molecule has 10 heteroatoms. The standard InChI is InChI=1S/C16H20N6O4/c1-3-5-21-14-12(15(25)22(6-4-2)16(21)26)18-13(19-14)10-7-17-20(8-10)9-11(23)24/h7-8H,3-6,9H2,1-2H3,(H,18,19)(H,23,24). The summed E-state index contributed by atoms with van der Waals surface area (Å²) in [4.78, 5) is 43.5. The predicted octanol–water partition coefficient (Wildman–Crippen LogP) is 0.654. The summed E-state index contributed by atoms with van der Waals surface area (Å²) in [5.74, 6) is -0.643. The summed E-state index contributed by atoms with van der Waals surface area (Å²) in [6.07, 6.45) is 4.37. The average Bonchev–Trinajstić information content (AvgIpc) is 3.22. The zero-order chi connectivity index (χ0) is 18.8. The largest absolute Gasteiger partial charge is 0.480 e. The zero-order valence-electron chi connectivity index (χ0n) is 14.6. The van der Waals surface area contributed by atoms with E-state index in [1.54, 1.807) is 0 Å². The SMILES string of the molecule is CCCn1c(=O)c2[nH]c(-c3cnn(CC(=O)O)c3)nc2n(CCC)c1=O. The number of rotatable bonds is 7. The van der Waals surface area contributed by atoms with Gasteiger partial charge in [0.15, 0.2) is 5.65 Å². The molecule has 0 saturated heterocycles. The zero-order valence-corrected chi connectivity index (χ0v) is 14.6. The molecule has 3 heterocycles. The minimum atomic E-state index is -1.01. The maximum absolute atomic E-state index is 12.7. The predicted molar refractivity (Wildman–Crippen MR) is 94.1 cm³/mol. The third-order valence-electron chi connectivity index (χ3n) is 3.96. The van der Waals surface area contributed by atoms with Gasteiger partial charge in [0, 0.05) is 19.3 Å². The second kappa shape index (κ2) is 6.98. The lowest BCUT2D eigenvalue weighted by molar-refractivity contribution is -0.137. The fourth-order valence-corrected chi connectivity index (χ4v) is 2.86. The van der Waals surface area contributed by atoms with Crippen molar-refractivity contribution in [2.75, 3.05) is 0 Å². The molecule has 0 amide bonds. The highest BCUT2D eigenvalue weighted by Gasteiger charge is 2.18. The van der Waals surface area contributed by atoms with E-state index in [4.69, 9.17) is 5.11 Å². The number of fused-ring (bicyclic) bond motifs is 1. The lowest BCUT2D eigenvalue weighted by atomic mass is 10.3. The molecule has 26 heavy (non-hydrogen) atoms. The number of aromatic nitrogens is 6. The van der Waals surface area contributed by atoms with Crippen LogP contribution < -0.4 is 11.2 Å². The van der Waals surface area contributed by atoms with Gasteiger partial charge in [0.2, 0.25) is 0 Å². The Morgan fingerprint density at radius 2 is 1.88 bits per heavy atom. The van der Waals surface area contributed by atoms with Crippen LogP contribution in [0, 0.1) is 0 Å². The molecule has 10 nitrogen and oxygen atoms in total. The molecule has 0 bridgehead atoms. The van der Waals surface area contributed by atoms with Crippen molar-refractivity contribution in [3.8, 4) is 11.4 Å². The fraction of sp³-hybridized carbons (Fsp3) is 0.438. The van der Waals surface area contributed by atoms with Gasteiger partial charge >= 0.3 is 11.7 Å². The van der Waals surface area contributed by atoms with Crippen molar-refractivity contribution in [2.24, 2.45) is 0 Å². The number of nitrogens with one attached hydrogen (secondary N) is 1. The molecule has 138 valence electrons. The van der Waals surface area contributed by atoms with Crippen molar-refractivity contribution in [2.45, 2.75) is 46.3 Å². The van der Waals surface area contributed by atoms with Crippen LogP contribution in [0.2, 0.25) is 0 Å². The van der Waals surface area contributed by atoms with E-state index in [-0.39, 0.29) is 17.8 Å². The quantitative estimate of drug-likeness (QED) is 0.637. The van der Waals surface area contributed by atoms with Crippen LogP contribution >= 0.6 is 0 Å². The van der Waals surface area contributed by atoms with Crippen molar-refractivity contribution in [3.05, 3.63) is 33.2 Å². The number of carboxylic acids is 1. The number of hydrogen-bond donors (Lipinski definition) is 2. The summed E-state index contributed by atoms with van der Waals surface area (Å²) >= 11 is 0. The minimum absolute atomic E-state index is 0.257. The van der Waals surface area contributed by atoms with Gasteiger partial charge < -0.3 is 10.1 Å². The van der Waals surface area contributed by atoms with E-state index < -0.39 is 11.5 Å². The first-order valence-corrected chi connectivity index (χ1v) is 8.44. The van der Waals surface area contributed by atoms with Gasteiger partial charge in [0.05, 0.1) is 11.8 Å². The van der Waals surface area contributed by atoms with Crippen LogP contribution in [-0.2, 0) is 24.4 Å². The van der Waals surface area contributed by atoms with Crippen LogP contribution in [0.1, 0.15) is 26.7 Å². The Hall–Kier alpha value is -3.17. The van der Waals surface area contributed by atoms with Crippen molar-refractivity contribution in [1.82, 2.24) is 28.9 Å². The van der Waals surface area contributed by atoms with E-state index in [0.29, 0.717) is 36.5 Å². The summed E-state index contributed by atoms with van der Waals surface area (Å²) < 4.78 is 3.97. The molecule has 0 saturated carbocycles. The highest BCUT2D eigenvalue weighted by molar-refractivity contribution is 5.75. The molecule has 0 aromatic carbocycles. The monoisotopic (exact) mass is 360 g/mol. The van der Waals surface area contributed by atoms with Gasteiger partial charge in [-0.1, -0.05) is 13.8 Å². The van der Waals surface area contributed by atoms with Crippen molar-refractivity contribution < 1.29 is 9.90 Å². The lowest BCUT2D eigenvalue weighted by Crippen LogP contribution is -2.40. The maximum atomic E-state index is 12.7. The molecule has 3 aromatic rings. The normalized spacial score (nSPS) is 11.3. The van der Waals surface area contributed by atoms with Gasteiger partial charge in [0.1, 0.15) is 17.9 Å². The minimum Gasteiger partial charge on any atom is -0.480 e. The highest BCUT2D eigenvalue weighted by atomic mass is 16.4. The smallest absolute Gasteiger partial charge is 0.332 e. The molecule has 0 aliphatic rings. The number of aryl methyl sites for hydroxylation is 1. The number of H-pyrrole nitrogens is 1. The van der Waals surface area contributed by atoms with Crippen LogP contribution in [-0.4, -0.2) is 40.0 Å². The molecule has 0 fully saturated rings. The van der Waals surface area contributed by atoms with E-state index >= 15 is 0 Å². The molecule has 0 unspecified atom stereocenters. The van der Waals surface area contributed by atoms with Crippen molar-refractivity contribution in [3.63, 3.8) is 0 Å².